The van der Waals surface area contributed by atoms with E-state index in [0.29, 0.717) is 18.9 Å². The number of aliphatic imine (C=N–C) groups is 1. The molecule has 2 rings (SSSR count). The Bertz CT molecular complexity index is 474. The molecule has 0 spiro atoms. The van der Waals surface area contributed by atoms with Gasteiger partial charge in [-0.05, 0) is 42.5 Å². The molecule has 18 heavy (non-hydrogen) atoms. The van der Waals surface area contributed by atoms with Crippen LogP contribution in [0.1, 0.15) is 24.0 Å². The number of nitrogens with one attached hydrogen (secondary N) is 1. The van der Waals surface area contributed by atoms with Crippen molar-refractivity contribution in [3.05, 3.63) is 29.3 Å². The second-order valence-electron chi connectivity index (χ2n) is 4.18. The van der Waals surface area contributed by atoms with Crippen molar-refractivity contribution in [1.82, 2.24) is 0 Å². The monoisotopic (exact) mass is 355 g/mol. The van der Waals surface area contributed by atoms with E-state index in [1.807, 2.05) is 6.07 Å². The summed E-state index contributed by atoms with van der Waals surface area (Å²) in [5.74, 6) is 2.96. The molecule has 0 atom stereocenters. The molecule has 1 aromatic rings. The molecule has 3 N–H and O–H groups in total. The smallest absolute Gasteiger partial charge is 0.193 e. The van der Waals surface area contributed by atoms with Gasteiger partial charge in [0.25, 0.3) is 0 Å². The summed E-state index contributed by atoms with van der Waals surface area (Å²) >= 11 is 0. The molecule has 1 aliphatic rings. The summed E-state index contributed by atoms with van der Waals surface area (Å²) in [6.07, 6.45) is 9.38. The molecule has 0 fully saturated rings. The maximum absolute atomic E-state index is 5.76. The number of nitrogens with two attached hydrogens (primary N) is 1. The standard InChI is InChI=1S/C14H17N3.HI/c1-2-3-9-16-14(15)17-13-8-7-11-5-4-6-12(11)10-13;/h1,7-8,10H,3-6,9H2,(H3,15,16,17);1H. The second kappa shape index (κ2) is 7.27. The summed E-state index contributed by atoms with van der Waals surface area (Å²) < 4.78 is 0. The van der Waals surface area contributed by atoms with Crippen LogP contribution in [0, 0.1) is 12.3 Å². The molecule has 0 saturated carbocycles. The molecule has 0 heterocycles. The van der Waals surface area contributed by atoms with Gasteiger partial charge in [0.05, 0.1) is 6.54 Å². The number of aryl methyl sites for hydroxylation is 2. The summed E-state index contributed by atoms with van der Waals surface area (Å²) in [5, 5.41) is 3.09. The van der Waals surface area contributed by atoms with Crippen molar-refractivity contribution in [3.8, 4) is 12.3 Å². The largest absolute Gasteiger partial charge is 0.370 e. The van der Waals surface area contributed by atoms with E-state index in [2.05, 4.69) is 28.4 Å². The minimum absolute atomic E-state index is 0. The normalized spacial score (nSPS) is 13.4. The van der Waals surface area contributed by atoms with Crippen molar-refractivity contribution in [2.45, 2.75) is 25.7 Å². The molecule has 0 amide bonds. The van der Waals surface area contributed by atoms with Gasteiger partial charge in [0.15, 0.2) is 5.96 Å². The summed E-state index contributed by atoms with van der Waals surface area (Å²) in [5.41, 5.74) is 9.65. The number of nitrogens with zero attached hydrogens (tertiary/aromatic N) is 1. The predicted octanol–water partition coefficient (Wildman–Crippen LogP) is 2.54. The van der Waals surface area contributed by atoms with E-state index >= 15 is 0 Å². The number of halogens is 1. The van der Waals surface area contributed by atoms with Gasteiger partial charge in [-0.3, -0.25) is 4.99 Å². The lowest BCUT2D eigenvalue weighted by atomic mass is 10.1. The quantitative estimate of drug-likeness (QED) is 0.288. The molecular weight excluding hydrogens is 337 g/mol. The Morgan fingerprint density at radius 1 is 1.39 bits per heavy atom. The lowest BCUT2D eigenvalue weighted by Crippen LogP contribution is -2.22. The highest BCUT2D eigenvalue weighted by atomic mass is 127. The first-order valence-electron chi connectivity index (χ1n) is 5.92. The van der Waals surface area contributed by atoms with E-state index in [-0.39, 0.29) is 24.0 Å². The zero-order valence-electron chi connectivity index (χ0n) is 10.3. The third-order valence-corrected chi connectivity index (χ3v) is 2.91. The van der Waals surface area contributed by atoms with Gasteiger partial charge in [-0.25, -0.2) is 0 Å². The average molecular weight is 355 g/mol. The Morgan fingerprint density at radius 3 is 2.94 bits per heavy atom. The van der Waals surface area contributed by atoms with E-state index in [1.54, 1.807) is 0 Å². The van der Waals surface area contributed by atoms with Crippen LogP contribution in [0.5, 0.6) is 0 Å². The molecule has 0 aromatic heterocycles. The molecule has 0 bridgehead atoms. The van der Waals surface area contributed by atoms with Crippen LogP contribution in [0.2, 0.25) is 0 Å². The van der Waals surface area contributed by atoms with Crippen LogP contribution in [0.25, 0.3) is 0 Å². The first-order valence-corrected chi connectivity index (χ1v) is 5.92. The Balaban J connectivity index is 0.00000162. The van der Waals surface area contributed by atoms with Gasteiger partial charge in [0.2, 0.25) is 0 Å². The average Bonchev–Trinajstić information content (AvgIpc) is 2.76. The number of hydrogen-bond donors (Lipinski definition) is 2. The zero-order valence-corrected chi connectivity index (χ0v) is 12.6. The SMILES string of the molecule is C#CCCN=C(N)Nc1ccc2c(c1)CCC2.I. The number of hydrogen-bond acceptors (Lipinski definition) is 1. The molecule has 0 unspecified atom stereocenters. The maximum atomic E-state index is 5.76. The number of fused-ring (bicyclic) bond motifs is 1. The van der Waals surface area contributed by atoms with Gasteiger partial charge in [0, 0.05) is 12.1 Å². The molecule has 0 saturated heterocycles. The van der Waals surface area contributed by atoms with Gasteiger partial charge in [-0.15, -0.1) is 36.3 Å². The first-order chi connectivity index (χ1) is 8.29. The van der Waals surface area contributed by atoms with Gasteiger partial charge in [-0.1, -0.05) is 6.07 Å². The van der Waals surface area contributed by atoms with Crippen LogP contribution < -0.4 is 11.1 Å². The second-order valence-corrected chi connectivity index (χ2v) is 4.18. The number of rotatable bonds is 3. The van der Waals surface area contributed by atoms with Crippen LogP contribution in [0.15, 0.2) is 23.2 Å². The fourth-order valence-corrected chi connectivity index (χ4v) is 2.08. The van der Waals surface area contributed by atoms with Crippen molar-refractivity contribution in [3.63, 3.8) is 0 Å². The van der Waals surface area contributed by atoms with Gasteiger partial charge in [-0.2, -0.15) is 0 Å². The van der Waals surface area contributed by atoms with Crippen LogP contribution in [-0.2, 0) is 12.8 Å². The van der Waals surface area contributed by atoms with Crippen molar-refractivity contribution < 1.29 is 0 Å². The fraction of sp³-hybridized carbons (Fsp3) is 0.357. The fourth-order valence-electron chi connectivity index (χ4n) is 2.08. The van der Waals surface area contributed by atoms with Crippen molar-refractivity contribution in [2.24, 2.45) is 10.7 Å². The summed E-state index contributed by atoms with van der Waals surface area (Å²) in [6.45, 7) is 0.570. The topological polar surface area (TPSA) is 50.4 Å². The molecule has 0 radical (unpaired) electrons. The minimum atomic E-state index is 0. The molecular formula is C14H18IN3. The van der Waals surface area contributed by atoms with Gasteiger partial charge < -0.3 is 11.1 Å². The highest BCUT2D eigenvalue weighted by molar-refractivity contribution is 14.0. The Kier molecular flexibility index (Phi) is 5.99. The van der Waals surface area contributed by atoms with E-state index in [0.717, 1.165) is 5.69 Å². The number of guanidine groups is 1. The van der Waals surface area contributed by atoms with E-state index in [9.17, 15) is 0 Å². The first kappa shape index (κ1) is 14.8. The van der Waals surface area contributed by atoms with Crippen LogP contribution in [0.4, 0.5) is 5.69 Å². The Morgan fingerprint density at radius 2 is 2.17 bits per heavy atom. The molecule has 1 aromatic carbocycles. The zero-order chi connectivity index (χ0) is 12.1. The molecule has 4 heteroatoms. The predicted molar refractivity (Wildman–Crippen MR) is 87.4 cm³/mol. The number of anilines is 1. The van der Waals surface area contributed by atoms with Gasteiger partial charge >= 0.3 is 0 Å². The van der Waals surface area contributed by atoms with Gasteiger partial charge in [0.1, 0.15) is 0 Å². The van der Waals surface area contributed by atoms with Crippen LogP contribution >= 0.6 is 24.0 Å². The third-order valence-electron chi connectivity index (χ3n) is 2.91. The molecule has 1 aliphatic carbocycles. The van der Waals surface area contributed by atoms with Crippen LogP contribution in [-0.4, -0.2) is 12.5 Å². The molecule has 0 aliphatic heterocycles. The van der Waals surface area contributed by atoms with Crippen molar-refractivity contribution >= 4 is 35.6 Å². The molecule has 96 valence electrons. The Labute approximate surface area is 125 Å². The lowest BCUT2D eigenvalue weighted by molar-refractivity contribution is 0.912. The summed E-state index contributed by atoms with van der Waals surface area (Å²) in [6, 6.07) is 6.37. The maximum Gasteiger partial charge on any atom is 0.193 e. The third kappa shape index (κ3) is 3.91. The highest BCUT2D eigenvalue weighted by Crippen LogP contribution is 2.24. The van der Waals surface area contributed by atoms with E-state index < -0.39 is 0 Å². The highest BCUT2D eigenvalue weighted by Gasteiger charge is 2.10. The van der Waals surface area contributed by atoms with E-state index in [4.69, 9.17) is 12.2 Å². The van der Waals surface area contributed by atoms with Crippen molar-refractivity contribution in [1.29, 1.82) is 0 Å². The lowest BCUT2D eigenvalue weighted by Gasteiger charge is -2.07. The van der Waals surface area contributed by atoms with Crippen molar-refractivity contribution in [2.75, 3.05) is 11.9 Å². The summed E-state index contributed by atoms with van der Waals surface area (Å²) in [7, 11) is 0. The summed E-state index contributed by atoms with van der Waals surface area (Å²) in [4.78, 5) is 4.14. The van der Waals surface area contributed by atoms with Crippen LogP contribution in [0.3, 0.4) is 0 Å². The minimum Gasteiger partial charge on any atom is -0.370 e. The number of benzene rings is 1. The molecule has 3 nitrogen and oxygen atoms in total. The van der Waals surface area contributed by atoms with E-state index in [1.165, 1.54) is 30.4 Å². The Hall–Kier alpha value is -1.22. The number of terminal acetylenes is 1.